The van der Waals surface area contributed by atoms with Crippen LogP contribution in [0.25, 0.3) is 11.3 Å². The van der Waals surface area contributed by atoms with Crippen LogP contribution in [0.2, 0.25) is 0 Å². The van der Waals surface area contributed by atoms with Crippen molar-refractivity contribution in [2.75, 3.05) is 6.61 Å². The Bertz CT molecular complexity index is 469. The third kappa shape index (κ3) is 2.14. The van der Waals surface area contributed by atoms with Crippen LogP contribution in [0.15, 0.2) is 42.6 Å². The Morgan fingerprint density at radius 2 is 2.12 bits per heavy atom. The monoisotopic (exact) mass is 215 g/mol. The topological polar surface area (TPSA) is 42.4 Å². The lowest BCUT2D eigenvalue weighted by molar-refractivity contribution is 0.338. The average Bonchev–Trinajstić information content (AvgIpc) is 2.31. The van der Waals surface area contributed by atoms with Crippen molar-refractivity contribution in [3.05, 3.63) is 42.6 Å². The maximum Gasteiger partial charge on any atom is 0.128 e. The molecule has 0 saturated heterocycles. The maximum atomic E-state index is 9.85. The molecule has 0 spiro atoms. The Morgan fingerprint density at radius 1 is 1.25 bits per heavy atom. The molecule has 0 unspecified atom stereocenters. The van der Waals surface area contributed by atoms with E-state index in [2.05, 4.69) is 4.98 Å². The highest BCUT2D eigenvalue weighted by atomic mass is 16.5. The number of hydrogen-bond acceptors (Lipinski definition) is 3. The van der Waals surface area contributed by atoms with Crippen molar-refractivity contribution >= 4 is 0 Å². The van der Waals surface area contributed by atoms with Gasteiger partial charge in [0, 0.05) is 17.8 Å². The van der Waals surface area contributed by atoms with Crippen LogP contribution >= 0.6 is 0 Å². The number of pyridine rings is 1. The van der Waals surface area contributed by atoms with Crippen LogP contribution in [0.3, 0.4) is 0 Å². The number of rotatable bonds is 3. The Kier molecular flexibility index (Phi) is 3.05. The van der Waals surface area contributed by atoms with Gasteiger partial charge >= 0.3 is 0 Å². The Labute approximate surface area is 94.3 Å². The van der Waals surface area contributed by atoms with Crippen molar-refractivity contribution in [2.45, 2.75) is 6.92 Å². The molecule has 1 aromatic heterocycles. The fourth-order valence-electron chi connectivity index (χ4n) is 1.51. The van der Waals surface area contributed by atoms with Gasteiger partial charge in [0.15, 0.2) is 0 Å². The first-order chi connectivity index (χ1) is 7.81. The van der Waals surface area contributed by atoms with Gasteiger partial charge in [0.1, 0.15) is 11.5 Å². The second-order valence-corrected chi connectivity index (χ2v) is 3.33. The zero-order valence-electron chi connectivity index (χ0n) is 9.05. The zero-order valence-corrected chi connectivity index (χ0v) is 9.05. The number of aromatic nitrogens is 1. The van der Waals surface area contributed by atoms with Gasteiger partial charge in [-0.1, -0.05) is 6.07 Å². The highest BCUT2D eigenvalue weighted by molar-refractivity contribution is 5.67. The molecule has 0 saturated carbocycles. The molecule has 0 atom stereocenters. The molecule has 0 bridgehead atoms. The predicted molar refractivity (Wildman–Crippen MR) is 62.5 cm³/mol. The van der Waals surface area contributed by atoms with Crippen molar-refractivity contribution in [3.8, 4) is 22.8 Å². The Hall–Kier alpha value is -2.03. The summed E-state index contributed by atoms with van der Waals surface area (Å²) >= 11 is 0. The summed E-state index contributed by atoms with van der Waals surface area (Å²) < 4.78 is 5.30. The molecule has 0 aliphatic carbocycles. The molecule has 1 heterocycles. The first-order valence-corrected chi connectivity index (χ1v) is 5.18. The largest absolute Gasteiger partial charge is 0.507 e. The van der Waals surface area contributed by atoms with Crippen LogP contribution in [0.5, 0.6) is 11.5 Å². The van der Waals surface area contributed by atoms with Crippen molar-refractivity contribution in [2.24, 2.45) is 0 Å². The van der Waals surface area contributed by atoms with Gasteiger partial charge in [-0.25, -0.2) is 0 Å². The van der Waals surface area contributed by atoms with Gasteiger partial charge in [-0.05, 0) is 31.2 Å². The molecular formula is C13H13NO2. The summed E-state index contributed by atoms with van der Waals surface area (Å²) in [5.41, 5.74) is 1.46. The van der Waals surface area contributed by atoms with Gasteiger partial charge in [-0.2, -0.15) is 0 Å². The van der Waals surface area contributed by atoms with E-state index in [0.717, 1.165) is 5.69 Å². The standard InChI is InChI=1S/C13H13NO2/c1-2-16-10-6-7-11(13(15)9-10)12-5-3-4-8-14-12/h3-9,15H,2H2,1H3. The second kappa shape index (κ2) is 4.66. The van der Waals surface area contributed by atoms with Gasteiger partial charge in [0.25, 0.3) is 0 Å². The molecule has 0 radical (unpaired) electrons. The van der Waals surface area contributed by atoms with E-state index >= 15 is 0 Å². The normalized spacial score (nSPS) is 10.1. The van der Waals surface area contributed by atoms with E-state index in [9.17, 15) is 5.11 Å². The minimum Gasteiger partial charge on any atom is -0.507 e. The highest BCUT2D eigenvalue weighted by Gasteiger charge is 2.06. The minimum atomic E-state index is 0.185. The van der Waals surface area contributed by atoms with Crippen LogP contribution in [0, 0.1) is 0 Å². The lowest BCUT2D eigenvalue weighted by atomic mass is 10.1. The number of aromatic hydroxyl groups is 1. The van der Waals surface area contributed by atoms with Crippen LogP contribution in [-0.2, 0) is 0 Å². The van der Waals surface area contributed by atoms with E-state index in [1.165, 1.54) is 0 Å². The molecule has 1 N–H and O–H groups in total. The quantitative estimate of drug-likeness (QED) is 0.856. The van der Waals surface area contributed by atoms with Gasteiger partial charge in [0.2, 0.25) is 0 Å². The van der Waals surface area contributed by atoms with E-state index in [-0.39, 0.29) is 5.75 Å². The molecule has 0 amide bonds. The van der Waals surface area contributed by atoms with Crippen molar-refractivity contribution in [1.82, 2.24) is 4.98 Å². The van der Waals surface area contributed by atoms with Crippen molar-refractivity contribution in [1.29, 1.82) is 0 Å². The fraction of sp³-hybridized carbons (Fsp3) is 0.154. The average molecular weight is 215 g/mol. The smallest absolute Gasteiger partial charge is 0.128 e. The van der Waals surface area contributed by atoms with Crippen molar-refractivity contribution < 1.29 is 9.84 Å². The molecule has 3 heteroatoms. The van der Waals surface area contributed by atoms with E-state index in [4.69, 9.17) is 4.74 Å². The van der Waals surface area contributed by atoms with E-state index < -0.39 is 0 Å². The summed E-state index contributed by atoms with van der Waals surface area (Å²) in [5, 5.41) is 9.85. The van der Waals surface area contributed by atoms with E-state index in [0.29, 0.717) is 17.9 Å². The number of nitrogens with zero attached hydrogens (tertiary/aromatic N) is 1. The SMILES string of the molecule is CCOc1ccc(-c2ccccn2)c(O)c1. The maximum absolute atomic E-state index is 9.85. The Morgan fingerprint density at radius 3 is 2.75 bits per heavy atom. The summed E-state index contributed by atoms with van der Waals surface area (Å²) in [7, 11) is 0. The first-order valence-electron chi connectivity index (χ1n) is 5.18. The molecule has 82 valence electrons. The molecule has 3 nitrogen and oxygen atoms in total. The lowest BCUT2D eigenvalue weighted by Crippen LogP contribution is -1.91. The van der Waals surface area contributed by atoms with Crippen LogP contribution < -0.4 is 4.74 Å². The van der Waals surface area contributed by atoms with E-state index in [1.54, 1.807) is 12.3 Å². The van der Waals surface area contributed by atoms with Crippen molar-refractivity contribution in [3.63, 3.8) is 0 Å². The summed E-state index contributed by atoms with van der Waals surface area (Å²) in [6.07, 6.45) is 1.70. The summed E-state index contributed by atoms with van der Waals surface area (Å²) in [6.45, 7) is 2.49. The number of ether oxygens (including phenoxy) is 1. The molecule has 0 aliphatic rings. The molecular weight excluding hydrogens is 202 g/mol. The summed E-state index contributed by atoms with van der Waals surface area (Å²) in [5.74, 6) is 0.851. The first kappa shape index (κ1) is 10.5. The number of phenols is 1. The number of phenolic OH excluding ortho intramolecular Hbond substituents is 1. The highest BCUT2D eigenvalue weighted by Crippen LogP contribution is 2.30. The third-order valence-electron chi connectivity index (χ3n) is 2.22. The molecule has 2 rings (SSSR count). The number of hydrogen-bond donors (Lipinski definition) is 1. The summed E-state index contributed by atoms with van der Waals surface area (Å²) in [4.78, 5) is 4.18. The predicted octanol–water partition coefficient (Wildman–Crippen LogP) is 2.85. The molecule has 2 aromatic rings. The van der Waals surface area contributed by atoms with Gasteiger partial charge in [-0.15, -0.1) is 0 Å². The van der Waals surface area contributed by atoms with Gasteiger partial charge < -0.3 is 9.84 Å². The molecule has 1 aromatic carbocycles. The third-order valence-corrected chi connectivity index (χ3v) is 2.22. The lowest BCUT2D eigenvalue weighted by Gasteiger charge is -2.07. The van der Waals surface area contributed by atoms with E-state index in [1.807, 2.05) is 37.3 Å². The summed E-state index contributed by atoms with van der Waals surface area (Å²) in [6, 6.07) is 10.8. The molecule has 16 heavy (non-hydrogen) atoms. The second-order valence-electron chi connectivity index (χ2n) is 3.33. The Balaban J connectivity index is 2.37. The molecule has 0 fully saturated rings. The fourth-order valence-corrected chi connectivity index (χ4v) is 1.51. The number of benzene rings is 1. The molecule has 0 aliphatic heterocycles. The van der Waals surface area contributed by atoms with Crippen LogP contribution in [-0.4, -0.2) is 16.7 Å². The van der Waals surface area contributed by atoms with Gasteiger partial charge in [0.05, 0.1) is 12.3 Å². The van der Waals surface area contributed by atoms with Crippen LogP contribution in [0.4, 0.5) is 0 Å². The zero-order chi connectivity index (χ0) is 11.4. The van der Waals surface area contributed by atoms with Crippen LogP contribution in [0.1, 0.15) is 6.92 Å². The van der Waals surface area contributed by atoms with Gasteiger partial charge in [-0.3, -0.25) is 4.98 Å². The minimum absolute atomic E-state index is 0.185.